The standard InChI is InChI=1S/C15H12Cl2F2O/c1-20-15-5-3-10(16)8-11(15)12(17)6-9-2-4-13(18)14(19)7-9/h2-5,7-8,12H,6H2,1H3. The van der Waals surface area contributed by atoms with E-state index in [4.69, 9.17) is 27.9 Å². The van der Waals surface area contributed by atoms with Crippen LogP contribution in [0.5, 0.6) is 5.75 Å². The van der Waals surface area contributed by atoms with Gasteiger partial charge in [0.25, 0.3) is 0 Å². The highest BCUT2D eigenvalue weighted by Gasteiger charge is 2.15. The maximum atomic E-state index is 13.2. The van der Waals surface area contributed by atoms with Crippen molar-refractivity contribution < 1.29 is 13.5 Å². The first kappa shape index (κ1) is 15.1. The Bertz CT molecular complexity index is 617. The van der Waals surface area contributed by atoms with E-state index in [1.165, 1.54) is 13.2 Å². The highest BCUT2D eigenvalue weighted by atomic mass is 35.5. The van der Waals surface area contributed by atoms with Gasteiger partial charge in [0, 0.05) is 10.6 Å². The average Bonchev–Trinajstić information content (AvgIpc) is 2.43. The quantitative estimate of drug-likeness (QED) is 0.709. The first-order valence-corrected chi connectivity index (χ1v) is 6.74. The number of hydrogen-bond donors (Lipinski definition) is 0. The molecule has 0 aromatic heterocycles. The molecule has 0 radical (unpaired) electrons. The number of halogens is 4. The molecule has 2 aromatic rings. The second-order valence-electron chi connectivity index (χ2n) is 4.31. The van der Waals surface area contributed by atoms with Gasteiger partial charge in [-0.25, -0.2) is 8.78 Å². The van der Waals surface area contributed by atoms with E-state index in [1.807, 2.05) is 0 Å². The highest BCUT2D eigenvalue weighted by Crippen LogP contribution is 2.34. The Balaban J connectivity index is 2.25. The SMILES string of the molecule is COc1ccc(Cl)cc1C(Cl)Cc1ccc(F)c(F)c1. The van der Waals surface area contributed by atoms with Gasteiger partial charge in [-0.1, -0.05) is 17.7 Å². The van der Waals surface area contributed by atoms with E-state index < -0.39 is 17.0 Å². The van der Waals surface area contributed by atoms with Gasteiger partial charge in [0.2, 0.25) is 0 Å². The molecule has 0 spiro atoms. The molecule has 0 bridgehead atoms. The fourth-order valence-corrected chi connectivity index (χ4v) is 2.46. The van der Waals surface area contributed by atoms with Gasteiger partial charge in [0.05, 0.1) is 12.5 Å². The topological polar surface area (TPSA) is 9.23 Å². The molecular formula is C15H12Cl2F2O. The summed E-state index contributed by atoms with van der Waals surface area (Å²) in [7, 11) is 1.54. The van der Waals surface area contributed by atoms with Crippen LogP contribution in [-0.2, 0) is 6.42 Å². The molecule has 1 unspecified atom stereocenters. The molecule has 1 atom stereocenters. The van der Waals surface area contributed by atoms with Crippen LogP contribution in [-0.4, -0.2) is 7.11 Å². The summed E-state index contributed by atoms with van der Waals surface area (Å²) in [5.41, 5.74) is 1.32. The predicted molar refractivity (Wildman–Crippen MR) is 76.7 cm³/mol. The number of benzene rings is 2. The van der Waals surface area contributed by atoms with E-state index in [0.29, 0.717) is 28.3 Å². The van der Waals surface area contributed by atoms with Crippen LogP contribution in [0.3, 0.4) is 0 Å². The molecule has 20 heavy (non-hydrogen) atoms. The molecule has 2 rings (SSSR count). The minimum atomic E-state index is -0.885. The van der Waals surface area contributed by atoms with Crippen molar-refractivity contribution in [1.82, 2.24) is 0 Å². The molecule has 0 aliphatic carbocycles. The Morgan fingerprint density at radius 2 is 1.85 bits per heavy atom. The minimum absolute atomic E-state index is 0.343. The lowest BCUT2D eigenvalue weighted by molar-refractivity contribution is 0.409. The third kappa shape index (κ3) is 3.41. The summed E-state index contributed by atoms with van der Waals surface area (Å²) in [4.78, 5) is 0. The lowest BCUT2D eigenvalue weighted by Gasteiger charge is -2.14. The molecular weight excluding hydrogens is 305 g/mol. The zero-order valence-electron chi connectivity index (χ0n) is 10.7. The van der Waals surface area contributed by atoms with Crippen molar-refractivity contribution in [3.63, 3.8) is 0 Å². The van der Waals surface area contributed by atoms with Gasteiger partial charge in [-0.3, -0.25) is 0 Å². The van der Waals surface area contributed by atoms with Crippen LogP contribution in [0.25, 0.3) is 0 Å². The predicted octanol–water partition coefficient (Wildman–Crippen LogP) is 5.15. The molecule has 0 saturated heterocycles. The van der Waals surface area contributed by atoms with Gasteiger partial charge < -0.3 is 4.74 Å². The van der Waals surface area contributed by atoms with Crippen molar-refractivity contribution in [2.24, 2.45) is 0 Å². The molecule has 0 saturated carbocycles. The third-order valence-electron chi connectivity index (χ3n) is 2.93. The van der Waals surface area contributed by atoms with Crippen molar-refractivity contribution in [3.05, 3.63) is 64.2 Å². The molecule has 0 fully saturated rings. The van der Waals surface area contributed by atoms with Crippen LogP contribution in [0.15, 0.2) is 36.4 Å². The maximum absolute atomic E-state index is 13.2. The maximum Gasteiger partial charge on any atom is 0.159 e. The number of methoxy groups -OCH3 is 1. The van der Waals surface area contributed by atoms with E-state index >= 15 is 0 Å². The summed E-state index contributed by atoms with van der Waals surface area (Å²) in [5, 5.41) is 0.0882. The summed E-state index contributed by atoms with van der Waals surface area (Å²) in [6.45, 7) is 0. The largest absolute Gasteiger partial charge is 0.496 e. The normalized spacial score (nSPS) is 12.2. The molecule has 0 N–H and O–H groups in total. The lowest BCUT2D eigenvalue weighted by atomic mass is 10.0. The van der Waals surface area contributed by atoms with Crippen LogP contribution in [0.1, 0.15) is 16.5 Å². The summed E-state index contributed by atoms with van der Waals surface area (Å²) < 4.78 is 31.3. The van der Waals surface area contributed by atoms with Gasteiger partial charge in [0.1, 0.15) is 5.75 Å². The highest BCUT2D eigenvalue weighted by molar-refractivity contribution is 6.31. The monoisotopic (exact) mass is 316 g/mol. The van der Waals surface area contributed by atoms with Gasteiger partial charge in [-0.2, -0.15) is 0 Å². The summed E-state index contributed by atoms with van der Waals surface area (Å²) in [6.07, 6.45) is 0.343. The van der Waals surface area contributed by atoms with Crippen molar-refractivity contribution in [3.8, 4) is 5.75 Å². The number of hydrogen-bond acceptors (Lipinski definition) is 1. The Labute approximate surface area is 126 Å². The van der Waals surface area contributed by atoms with E-state index in [2.05, 4.69) is 0 Å². The van der Waals surface area contributed by atoms with Crippen LogP contribution in [0.4, 0.5) is 8.78 Å². The van der Waals surface area contributed by atoms with Crippen LogP contribution in [0, 0.1) is 11.6 Å². The number of rotatable bonds is 4. The van der Waals surface area contributed by atoms with E-state index in [-0.39, 0.29) is 0 Å². The third-order valence-corrected chi connectivity index (χ3v) is 3.55. The average molecular weight is 317 g/mol. The van der Waals surface area contributed by atoms with Crippen LogP contribution < -0.4 is 4.74 Å². The zero-order valence-corrected chi connectivity index (χ0v) is 12.2. The minimum Gasteiger partial charge on any atom is -0.496 e. The van der Waals surface area contributed by atoms with Crippen molar-refractivity contribution in [1.29, 1.82) is 0 Å². The first-order chi connectivity index (χ1) is 9.51. The molecule has 0 aliphatic heterocycles. The number of ether oxygens (including phenoxy) is 1. The van der Waals surface area contributed by atoms with Crippen LogP contribution in [0.2, 0.25) is 5.02 Å². The van der Waals surface area contributed by atoms with Crippen LogP contribution >= 0.6 is 23.2 Å². The van der Waals surface area contributed by atoms with Gasteiger partial charge in [-0.15, -0.1) is 11.6 Å². The Morgan fingerprint density at radius 1 is 1.10 bits per heavy atom. The first-order valence-electron chi connectivity index (χ1n) is 5.92. The molecule has 2 aromatic carbocycles. The van der Waals surface area contributed by atoms with Crippen molar-refractivity contribution in [2.45, 2.75) is 11.8 Å². The summed E-state index contributed by atoms with van der Waals surface area (Å²) in [6, 6.07) is 8.86. The van der Waals surface area contributed by atoms with Crippen molar-refractivity contribution in [2.75, 3.05) is 7.11 Å². The Hall–Kier alpha value is -1.32. The second kappa shape index (κ2) is 6.42. The molecule has 5 heteroatoms. The van der Waals surface area contributed by atoms with Crippen molar-refractivity contribution >= 4 is 23.2 Å². The zero-order chi connectivity index (χ0) is 14.7. The molecule has 106 valence electrons. The van der Waals surface area contributed by atoms with E-state index in [0.717, 1.165) is 12.1 Å². The van der Waals surface area contributed by atoms with Gasteiger partial charge in [0.15, 0.2) is 11.6 Å². The fourth-order valence-electron chi connectivity index (χ4n) is 1.93. The fraction of sp³-hybridized carbons (Fsp3) is 0.200. The van der Waals surface area contributed by atoms with Gasteiger partial charge >= 0.3 is 0 Å². The smallest absolute Gasteiger partial charge is 0.159 e. The second-order valence-corrected chi connectivity index (χ2v) is 5.27. The molecule has 1 nitrogen and oxygen atoms in total. The molecule has 0 amide bonds. The summed E-state index contributed by atoms with van der Waals surface area (Å²) in [5.74, 6) is -1.15. The van der Waals surface area contributed by atoms with Gasteiger partial charge in [-0.05, 0) is 42.3 Å². The Kier molecular flexibility index (Phi) is 4.84. The lowest BCUT2D eigenvalue weighted by Crippen LogP contribution is -2.00. The molecule has 0 aliphatic rings. The number of alkyl halides is 1. The summed E-state index contributed by atoms with van der Waals surface area (Å²) >= 11 is 12.3. The van der Waals surface area contributed by atoms with E-state index in [1.54, 1.807) is 18.2 Å². The molecule has 0 heterocycles. The van der Waals surface area contributed by atoms with E-state index in [9.17, 15) is 8.78 Å². The Morgan fingerprint density at radius 3 is 2.50 bits per heavy atom.